The van der Waals surface area contributed by atoms with Crippen molar-refractivity contribution in [1.82, 2.24) is 0 Å². The lowest BCUT2D eigenvalue weighted by atomic mass is 10.1. The second kappa shape index (κ2) is 7.65. The van der Waals surface area contributed by atoms with Crippen molar-refractivity contribution in [3.63, 3.8) is 0 Å². The first kappa shape index (κ1) is 16.2. The van der Waals surface area contributed by atoms with E-state index < -0.39 is 16.8 Å². The second-order valence-corrected chi connectivity index (χ2v) is 3.95. The molecule has 0 radical (unpaired) electrons. The maximum Gasteiger partial charge on any atom is 0.317 e. The number of nitrogens with one attached hydrogen (secondary N) is 1. The van der Waals surface area contributed by atoms with Gasteiger partial charge in [-0.2, -0.15) is 0 Å². The Hall–Kier alpha value is -2.88. The molecule has 0 aromatic heterocycles. The number of nitro benzene ring substituents is 1. The van der Waals surface area contributed by atoms with Gasteiger partial charge in [-0.3, -0.25) is 19.7 Å². The summed E-state index contributed by atoms with van der Waals surface area (Å²) in [5.41, 5.74) is 0.219. The zero-order chi connectivity index (χ0) is 15.8. The van der Waals surface area contributed by atoms with Gasteiger partial charge in [0.2, 0.25) is 5.91 Å². The molecule has 0 unspecified atom stereocenters. The highest BCUT2D eigenvalue weighted by atomic mass is 16.6. The van der Waals surface area contributed by atoms with Gasteiger partial charge in [-0.25, -0.2) is 0 Å². The lowest BCUT2D eigenvalue weighted by Gasteiger charge is -2.03. The van der Waals surface area contributed by atoms with E-state index in [2.05, 4.69) is 17.2 Å². The van der Waals surface area contributed by atoms with Gasteiger partial charge in [0.1, 0.15) is 12.1 Å². The van der Waals surface area contributed by atoms with Crippen molar-refractivity contribution in [3.05, 3.63) is 33.9 Å². The quantitative estimate of drug-likeness (QED) is 0.395. The number of rotatable bonds is 4. The third kappa shape index (κ3) is 5.32. The molecular weight excluding hydrogens is 276 g/mol. The Morgan fingerprint density at radius 3 is 2.71 bits per heavy atom. The molecule has 1 N–H and O–H groups in total. The number of ether oxygens (including phenoxy) is 1. The molecular formula is C14H14N2O5. The Morgan fingerprint density at radius 2 is 2.14 bits per heavy atom. The van der Waals surface area contributed by atoms with Crippen molar-refractivity contribution in [1.29, 1.82) is 0 Å². The van der Waals surface area contributed by atoms with Crippen LogP contribution in [0.25, 0.3) is 0 Å². The summed E-state index contributed by atoms with van der Waals surface area (Å²) in [6, 6.07) is 4.16. The number of carbonyl (C=O) groups excluding carboxylic acids is 2. The summed E-state index contributed by atoms with van der Waals surface area (Å²) < 4.78 is 4.71. The van der Waals surface area contributed by atoms with E-state index in [1.807, 2.05) is 0 Å². The third-order valence-corrected chi connectivity index (χ3v) is 2.28. The third-order valence-electron chi connectivity index (χ3n) is 2.28. The molecule has 0 aliphatic heterocycles. The molecule has 0 saturated heterocycles. The van der Waals surface area contributed by atoms with Gasteiger partial charge in [-0.1, -0.05) is 11.8 Å². The Balaban J connectivity index is 2.93. The minimum Gasteiger partial charge on any atom is -0.465 e. The van der Waals surface area contributed by atoms with Gasteiger partial charge in [0, 0.05) is 18.6 Å². The normalized spacial score (nSPS) is 9.24. The monoisotopic (exact) mass is 290 g/mol. The molecule has 0 spiro atoms. The number of anilines is 1. The number of nitro groups is 1. The van der Waals surface area contributed by atoms with E-state index in [1.54, 1.807) is 6.92 Å². The van der Waals surface area contributed by atoms with Crippen LogP contribution < -0.4 is 5.32 Å². The molecule has 0 atom stereocenters. The van der Waals surface area contributed by atoms with E-state index in [0.29, 0.717) is 5.56 Å². The fourth-order valence-electron chi connectivity index (χ4n) is 1.49. The van der Waals surface area contributed by atoms with E-state index in [0.717, 1.165) is 0 Å². The molecule has 7 nitrogen and oxygen atoms in total. The standard InChI is InChI=1S/C14H14N2O5/c1-3-21-14(18)6-4-5-11-7-8-12(15-10(2)17)13(9-11)16(19)20/h7-9H,3,6H2,1-2H3,(H,15,17). The minimum absolute atomic E-state index is 0.0882. The van der Waals surface area contributed by atoms with Crippen LogP contribution in [-0.2, 0) is 14.3 Å². The van der Waals surface area contributed by atoms with E-state index in [4.69, 9.17) is 4.74 Å². The number of nitrogens with zero attached hydrogens (tertiary/aromatic N) is 1. The number of esters is 1. The Kier molecular flexibility index (Phi) is 5.89. The lowest BCUT2D eigenvalue weighted by Crippen LogP contribution is -2.08. The molecule has 7 heteroatoms. The van der Waals surface area contributed by atoms with E-state index in [-0.39, 0.29) is 24.4 Å². The van der Waals surface area contributed by atoms with Crippen LogP contribution in [0.1, 0.15) is 25.8 Å². The first-order valence-electron chi connectivity index (χ1n) is 6.14. The SMILES string of the molecule is CCOC(=O)CC#Cc1ccc(NC(C)=O)c([N+](=O)[O-])c1. The molecule has 21 heavy (non-hydrogen) atoms. The average molecular weight is 290 g/mol. The lowest BCUT2D eigenvalue weighted by molar-refractivity contribution is -0.383. The zero-order valence-corrected chi connectivity index (χ0v) is 11.6. The van der Waals surface area contributed by atoms with Gasteiger partial charge in [0.25, 0.3) is 5.69 Å². The Bertz CT molecular complexity index is 628. The fourth-order valence-corrected chi connectivity index (χ4v) is 1.49. The van der Waals surface area contributed by atoms with Crippen LogP contribution in [0.3, 0.4) is 0 Å². The van der Waals surface area contributed by atoms with Gasteiger partial charge in [-0.15, -0.1) is 0 Å². The van der Waals surface area contributed by atoms with Crippen molar-refractivity contribution in [3.8, 4) is 11.8 Å². The van der Waals surface area contributed by atoms with Crippen molar-refractivity contribution in [2.45, 2.75) is 20.3 Å². The second-order valence-electron chi connectivity index (χ2n) is 3.95. The predicted octanol–water partition coefficient (Wildman–Crippen LogP) is 1.86. The van der Waals surface area contributed by atoms with E-state index in [9.17, 15) is 19.7 Å². The molecule has 1 aromatic rings. The first-order chi connectivity index (χ1) is 9.93. The molecule has 0 aliphatic rings. The minimum atomic E-state index is -0.609. The van der Waals surface area contributed by atoms with Crippen LogP contribution in [0.2, 0.25) is 0 Å². The molecule has 1 aromatic carbocycles. The Morgan fingerprint density at radius 1 is 1.43 bits per heavy atom. The number of hydrogen-bond donors (Lipinski definition) is 1. The summed E-state index contributed by atoms with van der Waals surface area (Å²) in [6.07, 6.45) is -0.0882. The molecule has 0 saturated carbocycles. The van der Waals surface area contributed by atoms with Crippen molar-refractivity contribution in [2.24, 2.45) is 0 Å². The number of benzene rings is 1. The van der Waals surface area contributed by atoms with Crippen LogP contribution in [0.5, 0.6) is 0 Å². The number of amides is 1. The van der Waals surface area contributed by atoms with Gasteiger partial charge >= 0.3 is 5.97 Å². The summed E-state index contributed by atoms with van der Waals surface area (Å²) in [7, 11) is 0. The van der Waals surface area contributed by atoms with Crippen LogP contribution >= 0.6 is 0 Å². The number of carbonyl (C=O) groups is 2. The topological polar surface area (TPSA) is 98.5 Å². The predicted molar refractivity (Wildman–Crippen MR) is 75.5 cm³/mol. The van der Waals surface area contributed by atoms with Gasteiger partial charge < -0.3 is 10.1 Å². The smallest absolute Gasteiger partial charge is 0.317 e. The first-order valence-corrected chi connectivity index (χ1v) is 6.14. The molecule has 0 bridgehead atoms. The van der Waals surface area contributed by atoms with Gasteiger partial charge in [0.05, 0.1) is 11.5 Å². The summed E-state index contributed by atoms with van der Waals surface area (Å²) >= 11 is 0. The zero-order valence-electron chi connectivity index (χ0n) is 11.6. The van der Waals surface area contributed by atoms with Gasteiger partial charge in [-0.05, 0) is 19.1 Å². The summed E-state index contributed by atoms with van der Waals surface area (Å²) in [5.74, 6) is 4.37. The molecule has 0 fully saturated rings. The van der Waals surface area contributed by atoms with Crippen molar-refractivity contribution >= 4 is 23.3 Å². The van der Waals surface area contributed by atoms with Crippen LogP contribution in [0.15, 0.2) is 18.2 Å². The van der Waals surface area contributed by atoms with Crippen LogP contribution in [0.4, 0.5) is 11.4 Å². The summed E-state index contributed by atoms with van der Waals surface area (Å²) in [4.78, 5) is 32.4. The summed E-state index contributed by atoms with van der Waals surface area (Å²) in [6.45, 7) is 3.23. The van der Waals surface area contributed by atoms with E-state index >= 15 is 0 Å². The largest absolute Gasteiger partial charge is 0.465 e. The van der Waals surface area contributed by atoms with Crippen molar-refractivity contribution < 1.29 is 19.2 Å². The highest BCUT2D eigenvalue weighted by molar-refractivity contribution is 5.91. The highest BCUT2D eigenvalue weighted by Gasteiger charge is 2.14. The summed E-state index contributed by atoms with van der Waals surface area (Å²) in [5, 5.41) is 13.3. The highest BCUT2D eigenvalue weighted by Crippen LogP contribution is 2.25. The molecule has 0 aliphatic carbocycles. The van der Waals surface area contributed by atoms with Crippen LogP contribution in [-0.4, -0.2) is 23.4 Å². The maximum atomic E-state index is 11.1. The average Bonchev–Trinajstić information content (AvgIpc) is 2.39. The van der Waals surface area contributed by atoms with Crippen molar-refractivity contribution in [2.75, 3.05) is 11.9 Å². The molecule has 1 rings (SSSR count). The fraction of sp³-hybridized carbons (Fsp3) is 0.286. The van der Waals surface area contributed by atoms with Crippen LogP contribution in [0, 0.1) is 22.0 Å². The molecule has 1 amide bonds. The molecule has 0 heterocycles. The van der Waals surface area contributed by atoms with Gasteiger partial charge in [0.15, 0.2) is 0 Å². The van der Waals surface area contributed by atoms with E-state index in [1.165, 1.54) is 25.1 Å². The maximum absolute atomic E-state index is 11.1. The molecule has 110 valence electrons. The Labute approximate surface area is 121 Å². The number of hydrogen-bond acceptors (Lipinski definition) is 5.